The number of aromatic nitrogens is 1. The van der Waals surface area contributed by atoms with E-state index in [0.717, 1.165) is 48.3 Å². The van der Waals surface area contributed by atoms with Crippen molar-refractivity contribution in [2.24, 2.45) is 5.73 Å². The van der Waals surface area contributed by atoms with Crippen molar-refractivity contribution in [1.29, 1.82) is 0 Å². The number of primary amides is 1. The van der Waals surface area contributed by atoms with Gasteiger partial charge >= 0.3 is 0 Å². The molecule has 11 heteroatoms. The highest BCUT2D eigenvalue weighted by molar-refractivity contribution is 7.09. The van der Waals surface area contributed by atoms with Crippen molar-refractivity contribution in [3.05, 3.63) is 63.7 Å². The molecule has 3 amide bonds. The molecule has 1 heterocycles. The van der Waals surface area contributed by atoms with Crippen LogP contribution in [0.1, 0.15) is 68.6 Å². The molecule has 3 aromatic rings. The number of anilines is 2. The standard InChI is InChI=1S/C28H33N5O5S/c1-15-9-10-16(2)20(13-15)33(28(36)25-22(29)23(26(30)34)32-39-25)24(27(35)31-17-7-5-6-8-17)19-14-18(37-3)11-12-21(19)38-4/h9-14,17,24H,5-8,29H2,1-4H3,(H2,30,34)(H,31,35). The van der Waals surface area contributed by atoms with Crippen LogP contribution in [0.3, 0.4) is 0 Å². The van der Waals surface area contributed by atoms with Gasteiger partial charge < -0.3 is 26.3 Å². The smallest absolute Gasteiger partial charge is 0.273 e. The van der Waals surface area contributed by atoms with Gasteiger partial charge in [0.2, 0.25) is 5.91 Å². The summed E-state index contributed by atoms with van der Waals surface area (Å²) in [5.74, 6) is -0.915. The van der Waals surface area contributed by atoms with E-state index in [0.29, 0.717) is 22.7 Å². The summed E-state index contributed by atoms with van der Waals surface area (Å²) in [6.45, 7) is 3.76. The topological polar surface area (TPSA) is 150 Å². The quantitative estimate of drug-likeness (QED) is 0.365. The van der Waals surface area contributed by atoms with Crippen molar-refractivity contribution in [2.75, 3.05) is 24.9 Å². The molecule has 10 nitrogen and oxygen atoms in total. The van der Waals surface area contributed by atoms with E-state index in [9.17, 15) is 14.4 Å². The molecule has 1 aliphatic rings. The second-order valence-corrected chi connectivity index (χ2v) is 10.4. The van der Waals surface area contributed by atoms with Crippen LogP contribution in [-0.4, -0.2) is 42.4 Å². The second-order valence-electron chi connectivity index (χ2n) is 9.60. The van der Waals surface area contributed by atoms with Crippen LogP contribution in [-0.2, 0) is 4.79 Å². The number of nitrogens with zero attached hydrogens (tertiary/aromatic N) is 2. The molecule has 1 saturated carbocycles. The van der Waals surface area contributed by atoms with Crippen LogP contribution in [0.2, 0.25) is 0 Å². The van der Waals surface area contributed by atoms with Crippen LogP contribution in [0.15, 0.2) is 36.4 Å². The molecule has 1 aromatic heterocycles. The number of hydrogen-bond donors (Lipinski definition) is 3. The first-order chi connectivity index (χ1) is 18.7. The predicted octanol–water partition coefficient (Wildman–Crippen LogP) is 3.91. The lowest BCUT2D eigenvalue weighted by Crippen LogP contribution is -2.46. The van der Waals surface area contributed by atoms with Gasteiger partial charge in [0.15, 0.2) is 5.69 Å². The van der Waals surface area contributed by atoms with Crippen molar-refractivity contribution in [1.82, 2.24) is 9.69 Å². The number of ether oxygens (including phenoxy) is 2. The minimum Gasteiger partial charge on any atom is -0.497 e. The van der Waals surface area contributed by atoms with Gasteiger partial charge in [0.25, 0.3) is 11.8 Å². The van der Waals surface area contributed by atoms with Crippen molar-refractivity contribution in [3.63, 3.8) is 0 Å². The molecule has 206 valence electrons. The van der Waals surface area contributed by atoms with E-state index in [1.165, 1.54) is 19.1 Å². The van der Waals surface area contributed by atoms with Crippen LogP contribution >= 0.6 is 11.5 Å². The largest absolute Gasteiger partial charge is 0.497 e. The highest BCUT2D eigenvalue weighted by atomic mass is 32.1. The Morgan fingerprint density at radius 3 is 2.41 bits per heavy atom. The Morgan fingerprint density at radius 1 is 1.08 bits per heavy atom. The Balaban J connectivity index is 1.97. The summed E-state index contributed by atoms with van der Waals surface area (Å²) in [5, 5.41) is 3.15. The first-order valence-corrected chi connectivity index (χ1v) is 13.4. The molecule has 0 radical (unpaired) electrons. The fraction of sp³-hybridized carbons (Fsp3) is 0.357. The molecule has 5 N–H and O–H groups in total. The minimum atomic E-state index is -1.16. The van der Waals surface area contributed by atoms with Gasteiger partial charge in [0, 0.05) is 17.3 Å². The van der Waals surface area contributed by atoms with Crippen LogP contribution in [0.5, 0.6) is 11.5 Å². The maximum atomic E-state index is 14.4. The number of aryl methyl sites for hydroxylation is 2. The third-order valence-corrected chi connectivity index (χ3v) is 7.79. The van der Waals surface area contributed by atoms with Gasteiger partial charge in [-0.05, 0) is 73.6 Å². The molecule has 0 aliphatic heterocycles. The highest BCUT2D eigenvalue weighted by Crippen LogP contribution is 2.39. The van der Waals surface area contributed by atoms with E-state index < -0.39 is 17.9 Å². The fourth-order valence-electron chi connectivity index (χ4n) is 4.88. The summed E-state index contributed by atoms with van der Waals surface area (Å²) in [5.41, 5.74) is 13.9. The molecule has 1 unspecified atom stereocenters. The van der Waals surface area contributed by atoms with Gasteiger partial charge in [-0.25, -0.2) is 0 Å². The zero-order chi connectivity index (χ0) is 28.3. The van der Waals surface area contributed by atoms with Gasteiger partial charge in [0.05, 0.1) is 19.9 Å². The maximum absolute atomic E-state index is 14.4. The third kappa shape index (κ3) is 5.68. The summed E-state index contributed by atoms with van der Waals surface area (Å²) in [6.07, 6.45) is 3.75. The Labute approximate surface area is 231 Å². The monoisotopic (exact) mass is 551 g/mol. The van der Waals surface area contributed by atoms with Crippen LogP contribution < -0.4 is 31.2 Å². The van der Waals surface area contributed by atoms with Crippen molar-refractivity contribution in [2.45, 2.75) is 51.6 Å². The SMILES string of the molecule is COc1ccc(OC)c(C(C(=O)NC2CCCC2)N(C(=O)c2snc(C(N)=O)c2N)c2cc(C)ccc2C)c1. The molecular weight excluding hydrogens is 518 g/mol. The second kappa shape index (κ2) is 11.7. The average Bonchev–Trinajstić information content (AvgIpc) is 3.57. The first-order valence-electron chi connectivity index (χ1n) is 12.6. The molecule has 4 rings (SSSR count). The Hall–Kier alpha value is -4.12. The molecule has 0 spiro atoms. The van der Waals surface area contributed by atoms with Crippen LogP contribution in [0.4, 0.5) is 11.4 Å². The molecule has 1 aliphatic carbocycles. The number of nitrogens with two attached hydrogens (primary N) is 2. The van der Waals surface area contributed by atoms with Crippen LogP contribution in [0.25, 0.3) is 0 Å². The molecular formula is C28H33N5O5S. The number of nitrogens with one attached hydrogen (secondary N) is 1. The fourth-order valence-corrected chi connectivity index (χ4v) is 5.63. The summed E-state index contributed by atoms with van der Waals surface area (Å²) >= 11 is 0.766. The number of hydrogen-bond acceptors (Lipinski definition) is 8. The lowest BCUT2D eigenvalue weighted by molar-refractivity contribution is -0.123. The maximum Gasteiger partial charge on any atom is 0.273 e. The highest BCUT2D eigenvalue weighted by Gasteiger charge is 2.39. The van der Waals surface area contributed by atoms with E-state index in [1.807, 2.05) is 32.0 Å². The zero-order valence-corrected chi connectivity index (χ0v) is 23.3. The van der Waals surface area contributed by atoms with E-state index in [4.69, 9.17) is 20.9 Å². The van der Waals surface area contributed by atoms with Crippen LogP contribution in [0, 0.1) is 13.8 Å². The molecule has 1 fully saturated rings. The summed E-state index contributed by atoms with van der Waals surface area (Å²) in [7, 11) is 3.03. The lowest BCUT2D eigenvalue weighted by atomic mass is 9.98. The molecule has 0 bridgehead atoms. The Morgan fingerprint density at radius 2 is 1.79 bits per heavy atom. The summed E-state index contributed by atoms with van der Waals surface area (Å²) in [6, 6.07) is 9.57. The van der Waals surface area contributed by atoms with E-state index >= 15 is 0 Å². The molecule has 0 saturated heterocycles. The van der Waals surface area contributed by atoms with E-state index in [2.05, 4.69) is 9.69 Å². The number of amides is 3. The third-order valence-electron chi connectivity index (χ3n) is 6.94. The number of carbonyl (C=O) groups excluding carboxylic acids is 3. The van der Waals surface area contributed by atoms with E-state index in [-0.39, 0.29) is 28.2 Å². The van der Waals surface area contributed by atoms with Gasteiger partial charge in [-0.1, -0.05) is 25.0 Å². The van der Waals surface area contributed by atoms with E-state index in [1.54, 1.807) is 18.2 Å². The Kier molecular flexibility index (Phi) is 8.39. The first kappa shape index (κ1) is 27.9. The van der Waals surface area contributed by atoms with Gasteiger partial charge in [-0.3, -0.25) is 19.3 Å². The van der Waals surface area contributed by atoms with Crippen molar-refractivity contribution < 1.29 is 23.9 Å². The molecule has 39 heavy (non-hydrogen) atoms. The summed E-state index contributed by atoms with van der Waals surface area (Å²) < 4.78 is 15.2. The molecule has 2 aromatic carbocycles. The normalized spacial score (nSPS) is 14.1. The lowest BCUT2D eigenvalue weighted by Gasteiger charge is -2.34. The number of carbonyl (C=O) groups is 3. The number of benzene rings is 2. The van der Waals surface area contributed by atoms with Crippen molar-refractivity contribution in [3.8, 4) is 11.5 Å². The van der Waals surface area contributed by atoms with Gasteiger partial charge in [-0.2, -0.15) is 4.37 Å². The molecule has 1 atom stereocenters. The average molecular weight is 552 g/mol. The number of rotatable bonds is 9. The minimum absolute atomic E-state index is 0.00485. The van der Waals surface area contributed by atoms with Crippen molar-refractivity contribution >= 4 is 40.6 Å². The number of methoxy groups -OCH3 is 2. The Bertz CT molecular complexity index is 1400. The van der Waals surface area contributed by atoms with Gasteiger partial charge in [-0.15, -0.1) is 0 Å². The number of nitrogen functional groups attached to an aromatic ring is 1. The predicted molar refractivity (Wildman–Crippen MR) is 150 cm³/mol. The summed E-state index contributed by atoms with van der Waals surface area (Å²) in [4.78, 5) is 41.9. The zero-order valence-electron chi connectivity index (χ0n) is 22.4. The van der Waals surface area contributed by atoms with Gasteiger partial charge in [0.1, 0.15) is 22.4 Å².